The third-order valence-electron chi connectivity index (χ3n) is 12.9. The molecular weight excluding hydrogens is 1240 g/mol. The van der Waals surface area contributed by atoms with Gasteiger partial charge in [-0.3, -0.25) is 33.5 Å². The van der Waals surface area contributed by atoms with E-state index in [0.29, 0.717) is 19.4 Å². The summed E-state index contributed by atoms with van der Waals surface area (Å²) in [6, 6.07) is 10.3. The molecule has 2 N–H and O–H groups in total. The van der Waals surface area contributed by atoms with E-state index < -0.39 is 117 Å². The zero-order chi connectivity index (χ0) is 63.4. The molecule has 0 radical (unpaired) electrons. The molecule has 2 atom stereocenters. The number of hydrogen-bond acceptors (Lipinski definition) is 21. The minimum Gasteiger partial charge on any atom is -0.481 e. The average Bonchev–Trinajstić information content (AvgIpc) is 1.80. The largest absolute Gasteiger partial charge is 0.481 e. The van der Waals surface area contributed by atoms with Crippen molar-refractivity contribution in [1.29, 1.82) is 0 Å². The number of benzene rings is 3. The summed E-state index contributed by atoms with van der Waals surface area (Å²) in [4.78, 5) is 81.4. The van der Waals surface area contributed by atoms with Crippen LogP contribution in [0.15, 0.2) is 58.3 Å². The molecule has 0 spiro atoms. The van der Waals surface area contributed by atoms with Crippen LogP contribution in [0, 0.1) is 11.8 Å². The van der Waals surface area contributed by atoms with Gasteiger partial charge in [0.15, 0.2) is 60.2 Å². The zero-order valence-corrected chi connectivity index (χ0v) is 49.9. The zero-order valence-electron chi connectivity index (χ0n) is 46.0. The molecule has 7 rings (SSSR count). The standard InChI is InChI=1S/C20H23ClO7S.C17H16ClF3O6S.C16H19F2N3O6S/c1-29(25,26)17-8-7-13(20(24)18-15(22)5-2-6-16(18)23)19(21)14(17)11-27-10-12-4-3-9-28-12;1-28(25,26)13-6-5-9(15(18)10(13)7-27-8-17(19,20)21)16(24)14-11(22)3-2-4-12(14)23;1-25-8-9-5-4-6-10(13(9)21-28(23,24)16(17)18)14(22)15-19-11(26-2)7-12(20-15)27-3/h7-8,12,18H,2-6,9-11H2,1H3;5-6,14H,2-4,7-8H2,1H3;4-7,14,16,21-22H,8H2,1-3H3. The van der Waals surface area contributed by atoms with Crippen LogP contribution in [0.3, 0.4) is 0 Å². The molecule has 2 saturated carbocycles. The minimum absolute atomic E-state index is 0.0385. The number of para-hydroxylation sites is 1. The summed E-state index contributed by atoms with van der Waals surface area (Å²) in [5, 5.41) is 10.2. The number of nitrogens with one attached hydrogen (secondary N) is 1. The van der Waals surface area contributed by atoms with Gasteiger partial charge < -0.3 is 33.5 Å². The molecule has 3 aromatic carbocycles. The fourth-order valence-electron chi connectivity index (χ4n) is 8.92. The summed E-state index contributed by atoms with van der Waals surface area (Å²) in [6.07, 6.45) is -1.43. The van der Waals surface area contributed by atoms with Gasteiger partial charge in [-0.25, -0.2) is 25.3 Å². The van der Waals surface area contributed by atoms with Gasteiger partial charge in [-0.15, -0.1) is 0 Å². The van der Waals surface area contributed by atoms with Crippen LogP contribution in [0.4, 0.5) is 27.6 Å². The number of aliphatic hydroxyl groups is 1. The number of halogens is 7. The lowest BCUT2D eigenvalue weighted by molar-refractivity contribution is -0.176. The molecular formula is C53H58Cl2F5N3O19S3. The third kappa shape index (κ3) is 18.5. The van der Waals surface area contributed by atoms with Gasteiger partial charge in [-0.05, 0) is 49.9 Å². The Kier molecular flexibility index (Phi) is 24.7. The van der Waals surface area contributed by atoms with Gasteiger partial charge in [0.1, 0.15) is 24.5 Å². The number of ketones is 6. The van der Waals surface area contributed by atoms with Crippen LogP contribution in [-0.4, -0.2) is 147 Å². The Morgan fingerprint density at radius 1 is 0.718 bits per heavy atom. The maximum absolute atomic E-state index is 12.9. The molecule has 3 fully saturated rings. The normalized spacial score (nSPS) is 16.8. The van der Waals surface area contributed by atoms with Crippen molar-refractivity contribution in [3.05, 3.63) is 97.8 Å². The van der Waals surface area contributed by atoms with Crippen molar-refractivity contribution in [1.82, 2.24) is 9.97 Å². The summed E-state index contributed by atoms with van der Waals surface area (Å²) in [6.45, 7) is -1.76. The maximum atomic E-state index is 12.9. The maximum Gasteiger partial charge on any atom is 0.411 e. The number of aliphatic hydroxyl groups excluding tert-OH is 1. The van der Waals surface area contributed by atoms with Gasteiger partial charge in [0, 0.05) is 85.3 Å². The molecule has 2 heterocycles. The highest BCUT2D eigenvalue weighted by Crippen LogP contribution is 2.36. The highest BCUT2D eigenvalue weighted by atomic mass is 35.5. The second-order valence-electron chi connectivity index (χ2n) is 19.2. The van der Waals surface area contributed by atoms with E-state index in [0.717, 1.165) is 37.5 Å². The Balaban J connectivity index is 0.000000233. The van der Waals surface area contributed by atoms with Gasteiger partial charge in [0.05, 0.1) is 78.3 Å². The fraction of sp³-hybridized carbons (Fsp3) is 0.472. The first-order chi connectivity index (χ1) is 39.8. The van der Waals surface area contributed by atoms with Crippen molar-refractivity contribution in [2.45, 2.75) is 105 Å². The first kappa shape index (κ1) is 69.8. The number of ether oxygens (including phenoxy) is 6. The number of anilines is 1. The van der Waals surface area contributed by atoms with E-state index in [1.54, 1.807) is 0 Å². The molecule has 85 heavy (non-hydrogen) atoms. The van der Waals surface area contributed by atoms with Crippen molar-refractivity contribution < 1.29 is 110 Å². The summed E-state index contributed by atoms with van der Waals surface area (Å²) < 4.78 is 167. The van der Waals surface area contributed by atoms with Gasteiger partial charge >= 0.3 is 11.9 Å². The Hall–Kier alpha value is -5.96. The second-order valence-corrected chi connectivity index (χ2v) is 25.6. The lowest BCUT2D eigenvalue weighted by Crippen LogP contribution is -2.35. The van der Waals surface area contributed by atoms with Crippen LogP contribution in [0.5, 0.6) is 11.8 Å². The number of aromatic nitrogens is 2. The van der Waals surface area contributed by atoms with Gasteiger partial charge in [0.25, 0.3) is 10.0 Å². The summed E-state index contributed by atoms with van der Waals surface area (Å²) in [5.74, 6) is -10.2. The molecule has 2 aliphatic carbocycles. The number of sulfone groups is 2. The average molecular weight is 1300 g/mol. The molecule has 22 nitrogen and oxygen atoms in total. The Bertz CT molecular complexity index is 3460. The van der Waals surface area contributed by atoms with Crippen LogP contribution in [0.25, 0.3) is 0 Å². The molecule has 466 valence electrons. The molecule has 2 unspecified atom stereocenters. The third-order valence-corrected chi connectivity index (χ3v) is 17.1. The minimum atomic E-state index is -5.00. The predicted octanol–water partition coefficient (Wildman–Crippen LogP) is 7.19. The summed E-state index contributed by atoms with van der Waals surface area (Å²) >= 11 is 12.5. The number of hydrogen-bond donors (Lipinski definition) is 2. The quantitative estimate of drug-likeness (QED) is 0.0446. The Labute approximate surface area is 495 Å². The number of alkyl halides is 5. The van der Waals surface area contributed by atoms with Crippen LogP contribution in [-0.2, 0) is 87.6 Å². The van der Waals surface area contributed by atoms with E-state index in [2.05, 4.69) is 14.7 Å². The van der Waals surface area contributed by atoms with Gasteiger partial charge in [-0.1, -0.05) is 41.4 Å². The van der Waals surface area contributed by atoms with E-state index in [-0.39, 0.29) is 118 Å². The number of carbonyl (C=O) groups excluding carboxylic acids is 6. The molecule has 1 saturated heterocycles. The van der Waals surface area contributed by atoms with Crippen molar-refractivity contribution in [2.75, 3.05) is 58.4 Å². The smallest absolute Gasteiger partial charge is 0.411 e. The van der Waals surface area contributed by atoms with Crippen molar-refractivity contribution in [3.63, 3.8) is 0 Å². The van der Waals surface area contributed by atoms with Crippen LogP contribution in [0.1, 0.15) is 106 Å². The van der Waals surface area contributed by atoms with Crippen molar-refractivity contribution in [3.8, 4) is 11.8 Å². The predicted molar refractivity (Wildman–Crippen MR) is 292 cm³/mol. The molecule has 32 heteroatoms. The second kappa shape index (κ2) is 30.1. The highest BCUT2D eigenvalue weighted by molar-refractivity contribution is 7.93. The molecule has 0 amide bonds. The van der Waals surface area contributed by atoms with E-state index >= 15 is 0 Å². The SMILES string of the molecule is COCc1cccc(C(O)c2nc(OC)cc(OC)n2)c1NS(=O)(=O)C(F)F.CS(=O)(=O)c1ccc(C(=O)C2C(=O)CCCC2=O)c(Cl)c1COCC(F)(F)F.CS(=O)(=O)c1ccc(C(=O)C2C(=O)CCCC2=O)c(Cl)c1COCC1CCCO1. The fourth-order valence-corrected chi connectivity index (χ4v) is 12.1. The lowest BCUT2D eigenvalue weighted by Gasteiger charge is -2.20. The first-order valence-corrected chi connectivity index (χ1v) is 31.5. The number of sulfonamides is 1. The molecule has 3 aliphatic rings. The topological polar surface area (TPSA) is 318 Å². The van der Waals surface area contributed by atoms with Gasteiger partial charge in [0.2, 0.25) is 11.8 Å². The molecule has 1 aliphatic heterocycles. The summed E-state index contributed by atoms with van der Waals surface area (Å²) in [5.41, 5.74) is -0.602. The van der Waals surface area contributed by atoms with E-state index in [4.69, 9.17) is 46.9 Å². The van der Waals surface area contributed by atoms with Crippen molar-refractivity contribution >= 4 is 93.3 Å². The van der Waals surface area contributed by atoms with Crippen LogP contribution < -0.4 is 14.2 Å². The number of rotatable bonds is 22. The number of nitrogens with zero attached hydrogens (tertiary/aromatic N) is 2. The number of methoxy groups -OCH3 is 3. The molecule has 1 aromatic heterocycles. The van der Waals surface area contributed by atoms with Crippen LogP contribution >= 0.6 is 23.2 Å². The highest BCUT2D eigenvalue weighted by Gasteiger charge is 2.40. The van der Waals surface area contributed by atoms with E-state index in [9.17, 15) is 81.1 Å². The Morgan fingerprint density at radius 2 is 1.19 bits per heavy atom. The van der Waals surface area contributed by atoms with E-state index in [1.807, 2.05) is 4.72 Å². The number of Topliss-reactive ketones (excluding diaryl/α,β-unsaturated/α-hetero) is 6. The van der Waals surface area contributed by atoms with Crippen LogP contribution in [0.2, 0.25) is 10.0 Å². The lowest BCUT2D eigenvalue weighted by atomic mass is 9.81. The molecule has 0 bridgehead atoms. The Morgan fingerprint density at radius 3 is 1.59 bits per heavy atom. The van der Waals surface area contributed by atoms with Gasteiger partial charge in [-0.2, -0.15) is 31.9 Å². The van der Waals surface area contributed by atoms with Crippen molar-refractivity contribution in [2.24, 2.45) is 11.8 Å². The molecule has 4 aromatic rings. The monoisotopic (exact) mass is 1300 g/mol. The van der Waals surface area contributed by atoms with E-state index in [1.165, 1.54) is 57.7 Å². The summed E-state index contributed by atoms with van der Waals surface area (Å²) in [7, 11) is -8.49. The first-order valence-electron chi connectivity index (χ1n) is 25.4. The number of carbonyl (C=O) groups is 6.